The van der Waals surface area contributed by atoms with Gasteiger partial charge >= 0.3 is 18.0 Å². The topological polar surface area (TPSA) is 124 Å². The molecule has 0 aliphatic rings. The van der Waals surface area contributed by atoms with Gasteiger partial charge in [-0.25, -0.2) is 9.59 Å². The smallest absolute Gasteiger partial charge is 0.407 e. The summed E-state index contributed by atoms with van der Waals surface area (Å²) in [7, 11) is 0. The zero-order chi connectivity index (χ0) is 28.0. The second-order valence-electron chi connectivity index (χ2n) is 9.29. The van der Waals surface area contributed by atoms with Gasteiger partial charge in [0, 0.05) is 18.1 Å². The summed E-state index contributed by atoms with van der Waals surface area (Å²) >= 11 is 0. The molecule has 1 amide bonds. The van der Waals surface area contributed by atoms with Crippen molar-refractivity contribution < 1.29 is 33.3 Å². The maximum Gasteiger partial charge on any atom is 0.407 e. The van der Waals surface area contributed by atoms with Crippen molar-refractivity contribution in [2.45, 2.75) is 58.8 Å². The van der Waals surface area contributed by atoms with E-state index < -0.39 is 29.7 Å². The average molecular weight is 523 g/mol. The number of nitrogens with zero attached hydrogens (tertiary/aromatic N) is 1. The molecule has 0 aromatic heterocycles. The summed E-state index contributed by atoms with van der Waals surface area (Å²) in [4.78, 5) is 36.5. The number of amides is 1. The fraction of sp³-hybridized carbons (Fsp3) is 0.379. The molecule has 2 aromatic rings. The highest BCUT2D eigenvalue weighted by molar-refractivity contribution is 5.87. The van der Waals surface area contributed by atoms with Crippen molar-refractivity contribution in [3.05, 3.63) is 71.3 Å². The van der Waals surface area contributed by atoms with Crippen LogP contribution in [0, 0.1) is 11.3 Å². The van der Waals surface area contributed by atoms with E-state index in [0.717, 1.165) is 5.56 Å². The first kappa shape index (κ1) is 29.9. The van der Waals surface area contributed by atoms with Gasteiger partial charge in [0.2, 0.25) is 0 Å². The zero-order valence-electron chi connectivity index (χ0n) is 22.2. The minimum atomic E-state index is -0.712. The Kier molecular flexibility index (Phi) is 11.8. The van der Waals surface area contributed by atoms with Gasteiger partial charge in [0.25, 0.3) is 0 Å². The Morgan fingerprint density at radius 1 is 1.08 bits per heavy atom. The summed E-state index contributed by atoms with van der Waals surface area (Å²) in [6, 6.07) is 15.5. The van der Waals surface area contributed by atoms with E-state index in [-0.39, 0.29) is 32.7 Å². The number of rotatable bonds is 12. The van der Waals surface area contributed by atoms with Gasteiger partial charge in [-0.15, -0.1) is 0 Å². The quantitative estimate of drug-likeness (QED) is 0.236. The van der Waals surface area contributed by atoms with E-state index in [2.05, 4.69) is 5.32 Å². The second kappa shape index (κ2) is 15.1. The van der Waals surface area contributed by atoms with Gasteiger partial charge in [0.1, 0.15) is 24.6 Å². The van der Waals surface area contributed by atoms with Crippen LogP contribution in [0.1, 0.15) is 57.2 Å². The number of nitrogens with one attached hydrogen (secondary N) is 1. The molecule has 0 radical (unpaired) electrons. The van der Waals surface area contributed by atoms with E-state index >= 15 is 0 Å². The molecule has 9 nitrogen and oxygen atoms in total. The molecule has 38 heavy (non-hydrogen) atoms. The molecular formula is C29H34N2O7. The van der Waals surface area contributed by atoms with Crippen molar-refractivity contribution in [3.63, 3.8) is 0 Å². The van der Waals surface area contributed by atoms with Crippen LogP contribution in [0.4, 0.5) is 4.79 Å². The van der Waals surface area contributed by atoms with Gasteiger partial charge in [-0.3, -0.25) is 4.79 Å². The van der Waals surface area contributed by atoms with Crippen LogP contribution in [0.15, 0.2) is 54.6 Å². The van der Waals surface area contributed by atoms with Crippen LogP contribution in [0.25, 0.3) is 6.08 Å². The Labute approximate surface area is 223 Å². The van der Waals surface area contributed by atoms with Gasteiger partial charge in [-0.05, 0) is 64.0 Å². The van der Waals surface area contributed by atoms with Gasteiger partial charge in [0.05, 0.1) is 24.3 Å². The molecular weight excluding hydrogens is 488 g/mol. The Hall–Kier alpha value is -4.32. The van der Waals surface area contributed by atoms with Gasteiger partial charge < -0.3 is 24.3 Å². The fourth-order valence-electron chi connectivity index (χ4n) is 3.18. The third-order valence-electron chi connectivity index (χ3n) is 4.93. The molecule has 0 fully saturated rings. The predicted octanol–water partition coefficient (Wildman–Crippen LogP) is 4.93. The minimum Gasteiger partial charge on any atom is -0.491 e. The van der Waals surface area contributed by atoms with Crippen LogP contribution in [0.2, 0.25) is 0 Å². The summed E-state index contributed by atoms with van der Waals surface area (Å²) in [5.74, 6) is -0.608. The van der Waals surface area contributed by atoms with Gasteiger partial charge in [0.15, 0.2) is 0 Å². The normalized spacial score (nSPS) is 11.8. The summed E-state index contributed by atoms with van der Waals surface area (Å²) in [6.07, 6.45) is 2.38. The molecule has 0 unspecified atom stereocenters. The molecule has 0 heterocycles. The predicted molar refractivity (Wildman–Crippen MR) is 141 cm³/mol. The lowest BCUT2D eigenvalue weighted by Crippen LogP contribution is -2.42. The van der Waals surface area contributed by atoms with E-state index in [1.807, 2.05) is 36.4 Å². The Morgan fingerprint density at radius 2 is 1.82 bits per heavy atom. The Bertz CT molecular complexity index is 1150. The lowest BCUT2D eigenvalue weighted by molar-refractivity contribution is -0.145. The van der Waals surface area contributed by atoms with E-state index in [1.165, 1.54) is 18.2 Å². The summed E-state index contributed by atoms with van der Waals surface area (Å²) in [5.41, 5.74) is 1.05. The number of hydrogen-bond acceptors (Lipinski definition) is 8. The largest absolute Gasteiger partial charge is 0.491 e. The number of ether oxygens (including phenoxy) is 4. The molecule has 0 saturated carbocycles. The number of nitriles is 1. The fourth-order valence-corrected chi connectivity index (χ4v) is 3.18. The summed E-state index contributed by atoms with van der Waals surface area (Å²) in [6.45, 7) is 7.30. The summed E-state index contributed by atoms with van der Waals surface area (Å²) in [5, 5.41) is 12.0. The molecule has 0 aliphatic heterocycles. The van der Waals surface area contributed by atoms with Crippen LogP contribution >= 0.6 is 0 Å². The standard InChI is InChI=1S/C29H34N2O7/c1-5-35-26(32)15-13-23-12-11-22(18-30)17-25(23)36-20-24(31-28(34)38-29(2,3)4)14-16-27(33)37-19-21-9-7-6-8-10-21/h6-13,15,17,24H,5,14,16,19-20H2,1-4H3,(H,31,34)/t24-/m0/s1. The number of carbonyl (C=O) groups excluding carboxylic acids is 3. The van der Waals surface area contributed by atoms with Crippen molar-refractivity contribution >= 4 is 24.1 Å². The van der Waals surface area contributed by atoms with Crippen LogP contribution in [-0.4, -0.2) is 42.9 Å². The molecule has 202 valence electrons. The average Bonchev–Trinajstić information content (AvgIpc) is 2.87. The lowest BCUT2D eigenvalue weighted by atomic mass is 10.1. The molecule has 2 rings (SSSR count). The monoisotopic (exact) mass is 522 g/mol. The first-order valence-electron chi connectivity index (χ1n) is 12.3. The maximum atomic E-state index is 12.4. The number of alkyl carbamates (subject to hydrolysis) is 1. The third-order valence-corrected chi connectivity index (χ3v) is 4.93. The van der Waals surface area contributed by atoms with Crippen LogP contribution < -0.4 is 10.1 Å². The van der Waals surface area contributed by atoms with Crippen LogP contribution in [0.5, 0.6) is 5.75 Å². The molecule has 2 aromatic carbocycles. The van der Waals surface area contributed by atoms with Crippen molar-refractivity contribution in [1.29, 1.82) is 5.26 Å². The highest BCUT2D eigenvalue weighted by Gasteiger charge is 2.21. The van der Waals surface area contributed by atoms with Crippen LogP contribution in [-0.2, 0) is 30.4 Å². The summed E-state index contributed by atoms with van der Waals surface area (Å²) < 4.78 is 21.5. The molecule has 0 aliphatic carbocycles. The Morgan fingerprint density at radius 3 is 2.47 bits per heavy atom. The van der Waals surface area contributed by atoms with E-state index in [0.29, 0.717) is 16.9 Å². The molecule has 0 spiro atoms. The Balaban J connectivity index is 2.10. The lowest BCUT2D eigenvalue weighted by Gasteiger charge is -2.24. The van der Waals surface area contributed by atoms with E-state index in [1.54, 1.807) is 39.8 Å². The molecule has 0 saturated heterocycles. The number of hydrogen-bond donors (Lipinski definition) is 1. The first-order chi connectivity index (χ1) is 18.1. The maximum absolute atomic E-state index is 12.4. The van der Waals surface area contributed by atoms with Gasteiger partial charge in [-0.1, -0.05) is 30.3 Å². The molecule has 1 atom stereocenters. The zero-order valence-corrected chi connectivity index (χ0v) is 22.2. The van der Waals surface area contributed by atoms with Crippen molar-refractivity contribution in [2.24, 2.45) is 0 Å². The van der Waals surface area contributed by atoms with Crippen molar-refractivity contribution in [3.8, 4) is 11.8 Å². The number of carbonyl (C=O) groups is 3. The van der Waals surface area contributed by atoms with Crippen molar-refractivity contribution in [1.82, 2.24) is 5.32 Å². The van der Waals surface area contributed by atoms with Gasteiger partial charge in [-0.2, -0.15) is 5.26 Å². The van der Waals surface area contributed by atoms with E-state index in [4.69, 9.17) is 18.9 Å². The first-order valence-corrected chi connectivity index (χ1v) is 12.3. The molecule has 1 N–H and O–H groups in total. The van der Waals surface area contributed by atoms with E-state index in [9.17, 15) is 19.6 Å². The highest BCUT2D eigenvalue weighted by atomic mass is 16.6. The SMILES string of the molecule is CCOC(=O)C=Cc1ccc(C#N)cc1OC[C@H](CCC(=O)OCc1ccccc1)NC(=O)OC(C)(C)C. The highest BCUT2D eigenvalue weighted by Crippen LogP contribution is 2.23. The van der Waals surface area contributed by atoms with Crippen LogP contribution in [0.3, 0.4) is 0 Å². The third kappa shape index (κ3) is 11.6. The number of benzene rings is 2. The molecule has 0 bridgehead atoms. The minimum absolute atomic E-state index is 0.0274. The molecule has 9 heteroatoms. The van der Waals surface area contributed by atoms with Crippen molar-refractivity contribution in [2.75, 3.05) is 13.2 Å². The second-order valence-corrected chi connectivity index (χ2v) is 9.29. The number of esters is 2.